The van der Waals surface area contributed by atoms with E-state index in [-0.39, 0.29) is 17.6 Å². The predicted molar refractivity (Wildman–Crippen MR) is 121 cm³/mol. The number of hydrogen-bond donors (Lipinski definition) is 0. The molecular weight excluding hydrogens is 389 g/mol. The zero-order chi connectivity index (χ0) is 21.4. The average Bonchev–Trinajstić information content (AvgIpc) is 3.36. The Labute approximate surface area is 181 Å². The third kappa shape index (κ3) is 3.50. The minimum atomic E-state index is -0.229. The van der Waals surface area contributed by atoms with Crippen LogP contribution in [-0.2, 0) is 17.8 Å². The molecule has 1 amide bonds. The number of anilines is 1. The van der Waals surface area contributed by atoms with Gasteiger partial charge in [0.2, 0.25) is 5.91 Å². The van der Waals surface area contributed by atoms with Crippen LogP contribution < -0.4 is 4.90 Å². The van der Waals surface area contributed by atoms with Crippen LogP contribution in [0.5, 0.6) is 0 Å². The molecule has 1 aliphatic heterocycles. The third-order valence-corrected chi connectivity index (χ3v) is 6.12. The number of carbonyl (C=O) groups excluding carboxylic acids is 1. The average molecular weight is 413 g/mol. The number of rotatable bonds is 5. The van der Waals surface area contributed by atoms with Crippen LogP contribution in [0.2, 0.25) is 0 Å². The van der Waals surface area contributed by atoms with Crippen LogP contribution >= 0.6 is 0 Å². The van der Waals surface area contributed by atoms with Crippen molar-refractivity contribution in [2.24, 2.45) is 0 Å². The molecule has 4 aromatic rings. The molecule has 0 bridgehead atoms. The summed E-state index contributed by atoms with van der Waals surface area (Å²) < 4.78 is 16.5. The van der Waals surface area contributed by atoms with Gasteiger partial charge in [-0.1, -0.05) is 55.5 Å². The van der Waals surface area contributed by atoms with Crippen LogP contribution in [0.15, 0.2) is 72.8 Å². The van der Waals surface area contributed by atoms with E-state index in [4.69, 9.17) is 4.98 Å². The summed E-state index contributed by atoms with van der Waals surface area (Å²) in [5.74, 6) is 0.675. The Morgan fingerprint density at radius 2 is 1.68 bits per heavy atom. The van der Waals surface area contributed by atoms with Crippen LogP contribution in [0.3, 0.4) is 0 Å². The fourth-order valence-electron chi connectivity index (χ4n) is 4.56. The second-order valence-corrected chi connectivity index (χ2v) is 8.02. The topological polar surface area (TPSA) is 38.1 Å². The highest BCUT2D eigenvalue weighted by Gasteiger charge is 2.35. The van der Waals surface area contributed by atoms with E-state index < -0.39 is 0 Å². The number of aryl methyl sites for hydroxylation is 1. The van der Waals surface area contributed by atoms with Crippen molar-refractivity contribution >= 4 is 22.6 Å². The number of aromatic nitrogens is 2. The predicted octanol–water partition coefficient (Wildman–Crippen LogP) is 5.31. The Hall–Kier alpha value is -3.47. The van der Waals surface area contributed by atoms with E-state index in [1.165, 1.54) is 6.07 Å². The molecule has 0 saturated carbocycles. The van der Waals surface area contributed by atoms with Gasteiger partial charge in [-0.05, 0) is 36.2 Å². The summed E-state index contributed by atoms with van der Waals surface area (Å²) in [7, 11) is 0. The summed E-state index contributed by atoms with van der Waals surface area (Å²) in [5, 5.41) is 0. The second kappa shape index (κ2) is 7.99. The molecule has 31 heavy (non-hydrogen) atoms. The monoisotopic (exact) mass is 413 g/mol. The Kier molecular flexibility index (Phi) is 5.02. The molecule has 5 rings (SSSR count). The molecule has 156 valence electrons. The van der Waals surface area contributed by atoms with Crippen LogP contribution in [0.4, 0.5) is 10.1 Å². The van der Waals surface area contributed by atoms with Crippen molar-refractivity contribution in [2.75, 3.05) is 11.4 Å². The van der Waals surface area contributed by atoms with Gasteiger partial charge in [-0.15, -0.1) is 0 Å². The van der Waals surface area contributed by atoms with Gasteiger partial charge in [-0.25, -0.2) is 9.37 Å². The van der Waals surface area contributed by atoms with Crippen molar-refractivity contribution in [3.63, 3.8) is 0 Å². The molecule has 4 nitrogen and oxygen atoms in total. The van der Waals surface area contributed by atoms with Gasteiger partial charge in [0.1, 0.15) is 11.6 Å². The summed E-state index contributed by atoms with van der Waals surface area (Å²) in [4.78, 5) is 19.8. The first kappa shape index (κ1) is 19.5. The fourth-order valence-corrected chi connectivity index (χ4v) is 4.56. The lowest BCUT2D eigenvalue weighted by molar-refractivity contribution is -0.117. The van der Waals surface area contributed by atoms with Crippen LogP contribution in [0.1, 0.15) is 36.2 Å². The maximum Gasteiger partial charge on any atom is 0.227 e. The van der Waals surface area contributed by atoms with E-state index in [1.54, 1.807) is 12.1 Å². The van der Waals surface area contributed by atoms with Crippen LogP contribution in [0, 0.1) is 5.82 Å². The van der Waals surface area contributed by atoms with Crippen molar-refractivity contribution in [3.8, 4) is 0 Å². The smallest absolute Gasteiger partial charge is 0.227 e. The molecule has 3 aromatic carbocycles. The standard InChI is InChI=1S/C26H24FN3O/c1-2-18-9-4-7-13-23(18)29-17-20(15-25(29)31)26-28-22-12-6-8-14-24(22)30(26)16-19-10-3-5-11-21(19)27/h3-14,20H,2,15-17H2,1H3/t20-/m1/s1. The lowest BCUT2D eigenvalue weighted by Crippen LogP contribution is -2.25. The highest BCUT2D eigenvalue weighted by molar-refractivity contribution is 5.97. The molecule has 0 aliphatic carbocycles. The number of para-hydroxylation sites is 3. The molecule has 0 N–H and O–H groups in total. The maximum absolute atomic E-state index is 14.4. The molecule has 1 saturated heterocycles. The number of imidazole rings is 1. The largest absolute Gasteiger partial charge is 0.323 e. The van der Waals surface area contributed by atoms with Gasteiger partial charge in [0, 0.05) is 30.1 Å². The second-order valence-electron chi connectivity index (χ2n) is 8.02. The summed E-state index contributed by atoms with van der Waals surface area (Å²) in [6.07, 6.45) is 1.27. The van der Waals surface area contributed by atoms with Crippen LogP contribution in [0.25, 0.3) is 11.0 Å². The van der Waals surface area contributed by atoms with E-state index in [9.17, 15) is 9.18 Å². The molecule has 0 unspecified atom stereocenters. The summed E-state index contributed by atoms with van der Waals surface area (Å²) in [6.45, 7) is 3.07. The first-order valence-electron chi connectivity index (χ1n) is 10.7. The van der Waals surface area contributed by atoms with E-state index in [2.05, 4.69) is 17.6 Å². The lowest BCUT2D eigenvalue weighted by Gasteiger charge is -2.20. The zero-order valence-corrected chi connectivity index (χ0v) is 17.5. The summed E-state index contributed by atoms with van der Waals surface area (Å²) >= 11 is 0. The molecule has 1 aromatic heterocycles. The number of halogens is 1. The van der Waals surface area contributed by atoms with Crippen LogP contribution in [-0.4, -0.2) is 22.0 Å². The number of fused-ring (bicyclic) bond motifs is 1. The van der Waals surface area contributed by atoms with Crippen molar-refractivity contribution < 1.29 is 9.18 Å². The van der Waals surface area contributed by atoms with Crippen molar-refractivity contribution in [2.45, 2.75) is 32.2 Å². The van der Waals surface area contributed by atoms with E-state index >= 15 is 0 Å². The molecule has 1 atom stereocenters. The van der Waals surface area contributed by atoms with Crippen molar-refractivity contribution in [3.05, 3.63) is 95.6 Å². The van der Waals surface area contributed by atoms with E-state index in [1.807, 2.05) is 53.4 Å². The molecular formula is C26H24FN3O. The Morgan fingerprint density at radius 3 is 2.48 bits per heavy atom. The first-order chi connectivity index (χ1) is 15.2. The number of hydrogen-bond acceptors (Lipinski definition) is 2. The Morgan fingerprint density at radius 1 is 0.968 bits per heavy atom. The Balaban J connectivity index is 1.55. The quantitative estimate of drug-likeness (QED) is 0.445. The molecule has 1 fully saturated rings. The van der Waals surface area contributed by atoms with Crippen molar-refractivity contribution in [1.82, 2.24) is 9.55 Å². The zero-order valence-electron chi connectivity index (χ0n) is 17.5. The fraction of sp³-hybridized carbons (Fsp3) is 0.231. The van der Waals surface area contributed by atoms with Gasteiger partial charge in [0.05, 0.1) is 17.6 Å². The van der Waals surface area contributed by atoms with Crippen molar-refractivity contribution in [1.29, 1.82) is 0 Å². The van der Waals surface area contributed by atoms with Gasteiger partial charge < -0.3 is 9.47 Å². The number of carbonyl (C=O) groups is 1. The van der Waals surface area contributed by atoms with E-state index in [0.717, 1.165) is 34.5 Å². The number of nitrogens with zero attached hydrogens (tertiary/aromatic N) is 3. The van der Waals surface area contributed by atoms with Gasteiger partial charge in [0.25, 0.3) is 0 Å². The number of benzene rings is 3. The van der Waals surface area contributed by atoms with Gasteiger partial charge in [0.15, 0.2) is 0 Å². The number of amides is 1. The van der Waals surface area contributed by atoms with E-state index in [0.29, 0.717) is 25.1 Å². The lowest BCUT2D eigenvalue weighted by atomic mass is 10.1. The van der Waals surface area contributed by atoms with Gasteiger partial charge in [-0.3, -0.25) is 4.79 Å². The SMILES string of the molecule is CCc1ccccc1N1C[C@H](c2nc3ccccc3n2Cc2ccccc2F)CC1=O. The summed E-state index contributed by atoms with van der Waals surface area (Å²) in [5.41, 5.74) is 4.59. The van der Waals surface area contributed by atoms with Gasteiger partial charge >= 0.3 is 0 Å². The highest BCUT2D eigenvalue weighted by Crippen LogP contribution is 2.35. The Bertz CT molecular complexity index is 1260. The molecule has 2 heterocycles. The third-order valence-electron chi connectivity index (χ3n) is 6.12. The van der Waals surface area contributed by atoms with Gasteiger partial charge in [-0.2, -0.15) is 0 Å². The minimum Gasteiger partial charge on any atom is -0.323 e. The minimum absolute atomic E-state index is 0.0448. The summed E-state index contributed by atoms with van der Waals surface area (Å²) in [6, 6.07) is 22.8. The molecule has 5 heteroatoms. The highest BCUT2D eigenvalue weighted by atomic mass is 19.1. The molecule has 0 radical (unpaired) electrons. The molecule has 0 spiro atoms. The molecule has 1 aliphatic rings. The maximum atomic E-state index is 14.4. The normalized spacial score (nSPS) is 16.4. The first-order valence-corrected chi connectivity index (χ1v) is 10.7.